The van der Waals surface area contributed by atoms with Crippen molar-refractivity contribution in [3.8, 4) is 0 Å². The summed E-state index contributed by atoms with van der Waals surface area (Å²) < 4.78 is 1.24. The molecule has 2 heteroatoms. The van der Waals surface area contributed by atoms with Gasteiger partial charge in [0, 0.05) is 9.61 Å². The van der Waals surface area contributed by atoms with Crippen molar-refractivity contribution in [3.63, 3.8) is 0 Å². The second-order valence-electron chi connectivity index (χ2n) is 4.35. The van der Waals surface area contributed by atoms with E-state index in [1.165, 1.54) is 20.3 Å². The maximum Gasteiger partial charge on any atom is 0.0336 e. The normalized spacial score (nSPS) is 12.4. The topological polar surface area (TPSA) is 26.0 Å². The molecule has 2 N–H and O–H groups in total. The predicted octanol–water partition coefficient (Wildman–Crippen LogP) is 3.84. The Morgan fingerprint density at radius 2 is 1.88 bits per heavy atom. The average Bonchev–Trinajstić information content (AvgIpc) is 2.29. The van der Waals surface area contributed by atoms with Gasteiger partial charge in [0.05, 0.1) is 0 Å². The van der Waals surface area contributed by atoms with Gasteiger partial charge in [-0.3, -0.25) is 0 Å². The van der Waals surface area contributed by atoms with Crippen LogP contribution in [-0.4, -0.2) is 0 Å². The summed E-state index contributed by atoms with van der Waals surface area (Å²) in [6.07, 6.45) is 0.891. The molecule has 0 amide bonds. The lowest BCUT2D eigenvalue weighted by molar-refractivity contribution is 0.721. The minimum absolute atomic E-state index is 0.0755. The SMILES string of the molecule is Cc1cccc(CC(N)c2cccc(I)c2)c1. The summed E-state index contributed by atoms with van der Waals surface area (Å²) in [6, 6.07) is 17.0. The molecule has 2 rings (SSSR count). The Balaban J connectivity index is 2.14. The molecule has 0 spiro atoms. The van der Waals surface area contributed by atoms with Gasteiger partial charge < -0.3 is 5.73 Å². The summed E-state index contributed by atoms with van der Waals surface area (Å²) in [7, 11) is 0. The van der Waals surface area contributed by atoms with E-state index in [2.05, 4.69) is 78.0 Å². The summed E-state index contributed by atoms with van der Waals surface area (Å²) in [4.78, 5) is 0. The van der Waals surface area contributed by atoms with Crippen molar-refractivity contribution in [1.82, 2.24) is 0 Å². The highest BCUT2D eigenvalue weighted by Gasteiger charge is 2.07. The highest BCUT2D eigenvalue weighted by molar-refractivity contribution is 14.1. The summed E-state index contributed by atoms with van der Waals surface area (Å²) in [5.74, 6) is 0. The maximum absolute atomic E-state index is 6.24. The molecular formula is C15H16IN. The number of aryl methyl sites for hydroxylation is 1. The minimum atomic E-state index is 0.0755. The Bertz CT molecular complexity index is 508. The van der Waals surface area contributed by atoms with Crippen molar-refractivity contribution in [3.05, 3.63) is 68.8 Å². The number of halogens is 1. The van der Waals surface area contributed by atoms with Crippen LogP contribution in [-0.2, 0) is 6.42 Å². The van der Waals surface area contributed by atoms with Crippen LogP contribution in [0.4, 0.5) is 0 Å². The summed E-state index contributed by atoms with van der Waals surface area (Å²) in [6.45, 7) is 2.11. The number of nitrogens with two attached hydrogens (primary N) is 1. The van der Waals surface area contributed by atoms with Gasteiger partial charge in [-0.25, -0.2) is 0 Å². The highest BCUT2D eigenvalue weighted by atomic mass is 127. The Morgan fingerprint density at radius 3 is 2.59 bits per heavy atom. The molecular weight excluding hydrogens is 321 g/mol. The first kappa shape index (κ1) is 12.6. The van der Waals surface area contributed by atoms with Crippen LogP contribution in [0.2, 0.25) is 0 Å². The lowest BCUT2D eigenvalue weighted by Gasteiger charge is -2.13. The third-order valence-corrected chi connectivity index (χ3v) is 3.49. The molecule has 17 heavy (non-hydrogen) atoms. The van der Waals surface area contributed by atoms with E-state index in [0.717, 1.165) is 6.42 Å². The first-order valence-electron chi connectivity index (χ1n) is 5.72. The van der Waals surface area contributed by atoms with Crippen LogP contribution in [0.5, 0.6) is 0 Å². The van der Waals surface area contributed by atoms with Gasteiger partial charge in [-0.15, -0.1) is 0 Å². The van der Waals surface area contributed by atoms with Crippen molar-refractivity contribution in [2.45, 2.75) is 19.4 Å². The summed E-state index contributed by atoms with van der Waals surface area (Å²) >= 11 is 2.32. The Morgan fingerprint density at radius 1 is 1.12 bits per heavy atom. The van der Waals surface area contributed by atoms with E-state index in [4.69, 9.17) is 5.73 Å². The van der Waals surface area contributed by atoms with Crippen molar-refractivity contribution >= 4 is 22.6 Å². The van der Waals surface area contributed by atoms with E-state index in [0.29, 0.717) is 0 Å². The van der Waals surface area contributed by atoms with E-state index < -0.39 is 0 Å². The monoisotopic (exact) mass is 337 g/mol. The van der Waals surface area contributed by atoms with Crippen molar-refractivity contribution < 1.29 is 0 Å². The molecule has 1 nitrogen and oxygen atoms in total. The van der Waals surface area contributed by atoms with E-state index in [9.17, 15) is 0 Å². The van der Waals surface area contributed by atoms with Gasteiger partial charge in [0.1, 0.15) is 0 Å². The van der Waals surface area contributed by atoms with Crippen LogP contribution in [0, 0.1) is 10.5 Å². The zero-order valence-electron chi connectivity index (χ0n) is 9.86. The standard InChI is InChI=1S/C15H16IN/c1-11-4-2-5-12(8-11)9-15(17)13-6-3-7-14(16)10-13/h2-8,10,15H,9,17H2,1H3. The molecule has 1 unspecified atom stereocenters. The zero-order valence-corrected chi connectivity index (χ0v) is 12.0. The molecule has 0 bridgehead atoms. The van der Waals surface area contributed by atoms with Crippen LogP contribution in [0.3, 0.4) is 0 Å². The van der Waals surface area contributed by atoms with Crippen molar-refractivity contribution in [2.24, 2.45) is 5.73 Å². The van der Waals surface area contributed by atoms with Crippen molar-refractivity contribution in [2.75, 3.05) is 0 Å². The molecule has 1 atom stereocenters. The number of hydrogen-bond donors (Lipinski definition) is 1. The van der Waals surface area contributed by atoms with Crippen LogP contribution in [0.15, 0.2) is 48.5 Å². The smallest absolute Gasteiger partial charge is 0.0336 e. The number of hydrogen-bond acceptors (Lipinski definition) is 1. The fraction of sp³-hybridized carbons (Fsp3) is 0.200. The zero-order chi connectivity index (χ0) is 12.3. The molecule has 0 heterocycles. The Labute approximate surface area is 116 Å². The van der Waals surface area contributed by atoms with E-state index in [-0.39, 0.29) is 6.04 Å². The lowest BCUT2D eigenvalue weighted by Crippen LogP contribution is -2.13. The van der Waals surface area contributed by atoms with Gasteiger partial charge in [0.15, 0.2) is 0 Å². The first-order chi connectivity index (χ1) is 8.15. The van der Waals surface area contributed by atoms with Gasteiger partial charge in [-0.05, 0) is 59.2 Å². The average molecular weight is 337 g/mol. The molecule has 0 aromatic heterocycles. The third-order valence-electron chi connectivity index (χ3n) is 2.81. The molecule has 0 saturated carbocycles. The lowest BCUT2D eigenvalue weighted by atomic mass is 9.99. The molecule has 2 aromatic rings. The fourth-order valence-corrected chi connectivity index (χ4v) is 2.52. The van der Waals surface area contributed by atoms with E-state index >= 15 is 0 Å². The maximum atomic E-state index is 6.24. The molecule has 0 aliphatic carbocycles. The van der Waals surface area contributed by atoms with Gasteiger partial charge >= 0.3 is 0 Å². The van der Waals surface area contributed by atoms with Gasteiger partial charge in [0.25, 0.3) is 0 Å². The Kier molecular flexibility index (Phi) is 4.18. The van der Waals surface area contributed by atoms with Gasteiger partial charge in [-0.2, -0.15) is 0 Å². The summed E-state index contributed by atoms with van der Waals surface area (Å²) in [5.41, 5.74) is 10.0. The van der Waals surface area contributed by atoms with Crippen LogP contribution in [0.25, 0.3) is 0 Å². The second kappa shape index (κ2) is 5.65. The molecule has 0 radical (unpaired) electrons. The van der Waals surface area contributed by atoms with Crippen LogP contribution < -0.4 is 5.73 Å². The van der Waals surface area contributed by atoms with Crippen LogP contribution >= 0.6 is 22.6 Å². The molecule has 2 aromatic carbocycles. The van der Waals surface area contributed by atoms with Gasteiger partial charge in [0.2, 0.25) is 0 Å². The van der Waals surface area contributed by atoms with Gasteiger partial charge in [-0.1, -0.05) is 42.0 Å². The van der Waals surface area contributed by atoms with Crippen molar-refractivity contribution in [1.29, 1.82) is 0 Å². The number of rotatable bonds is 3. The quantitative estimate of drug-likeness (QED) is 0.846. The molecule has 88 valence electrons. The molecule has 0 saturated heterocycles. The van der Waals surface area contributed by atoms with E-state index in [1.54, 1.807) is 0 Å². The second-order valence-corrected chi connectivity index (χ2v) is 5.60. The number of benzene rings is 2. The van der Waals surface area contributed by atoms with E-state index in [1.807, 2.05) is 0 Å². The Hall–Kier alpha value is -0.870. The molecule has 0 fully saturated rings. The van der Waals surface area contributed by atoms with Crippen LogP contribution in [0.1, 0.15) is 22.7 Å². The molecule has 0 aliphatic heterocycles. The fourth-order valence-electron chi connectivity index (χ4n) is 1.95. The molecule has 0 aliphatic rings. The minimum Gasteiger partial charge on any atom is -0.324 e. The largest absolute Gasteiger partial charge is 0.324 e. The third kappa shape index (κ3) is 3.54. The summed E-state index contributed by atoms with van der Waals surface area (Å²) in [5, 5.41) is 0. The predicted molar refractivity (Wildman–Crippen MR) is 81.0 cm³/mol. The first-order valence-corrected chi connectivity index (χ1v) is 6.79. The highest BCUT2D eigenvalue weighted by Crippen LogP contribution is 2.18.